The first kappa shape index (κ1) is 12.5. The monoisotopic (exact) mass is 309 g/mol. The maximum absolute atomic E-state index is 5.68. The van der Waals surface area contributed by atoms with Crippen LogP contribution in [0.3, 0.4) is 0 Å². The van der Waals surface area contributed by atoms with Crippen LogP contribution in [0.5, 0.6) is 5.75 Å². The van der Waals surface area contributed by atoms with Crippen molar-refractivity contribution in [3.05, 3.63) is 26.7 Å². The molecule has 0 amide bonds. The molecular weight excluding hydrogens is 290 g/mol. The van der Waals surface area contributed by atoms with Gasteiger partial charge in [0.2, 0.25) is 0 Å². The molecule has 2 aliphatic rings. The topological polar surface area (TPSA) is 21.3 Å². The molecule has 1 atom stereocenters. The van der Waals surface area contributed by atoms with Gasteiger partial charge in [0.15, 0.2) is 0 Å². The first-order valence-corrected chi connectivity index (χ1v) is 7.53. The Balaban J connectivity index is 2.21. The van der Waals surface area contributed by atoms with Crippen molar-refractivity contribution in [1.82, 2.24) is 5.32 Å². The second-order valence-corrected chi connectivity index (χ2v) is 6.30. The number of ether oxygens (including phenoxy) is 1. The lowest BCUT2D eigenvalue weighted by atomic mass is 9.87. The van der Waals surface area contributed by atoms with E-state index in [2.05, 4.69) is 35.1 Å². The third-order valence-corrected chi connectivity index (χ3v) is 5.44. The van der Waals surface area contributed by atoms with E-state index in [1.54, 1.807) is 7.11 Å². The number of rotatable bonds is 2. The van der Waals surface area contributed by atoms with Crippen LogP contribution in [0, 0.1) is 19.8 Å². The number of hydrogen-bond donors (Lipinski definition) is 1. The molecule has 0 saturated heterocycles. The van der Waals surface area contributed by atoms with Crippen LogP contribution in [-0.2, 0) is 6.42 Å². The standard InChI is InChI=1S/C15H20BrNO/c1-8-9(2)15(18-3)11-6-7-17-14(10-4-5-10)12(11)13(8)16/h10,14,17H,4-7H2,1-3H3. The predicted octanol–water partition coefficient (Wildman–Crippen LogP) is 3.67. The van der Waals surface area contributed by atoms with Crippen LogP contribution in [0.25, 0.3) is 0 Å². The fraction of sp³-hybridized carbons (Fsp3) is 0.600. The van der Waals surface area contributed by atoms with Crippen LogP contribution in [0.4, 0.5) is 0 Å². The molecular formula is C15H20BrNO. The summed E-state index contributed by atoms with van der Waals surface area (Å²) in [5, 5.41) is 3.69. The molecule has 3 heteroatoms. The van der Waals surface area contributed by atoms with Crippen LogP contribution in [0.1, 0.15) is 41.1 Å². The van der Waals surface area contributed by atoms with Crippen molar-refractivity contribution in [2.45, 2.75) is 39.2 Å². The minimum atomic E-state index is 0.524. The first-order chi connectivity index (χ1) is 8.65. The summed E-state index contributed by atoms with van der Waals surface area (Å²) >= 11 is 3.82. The van der Waals surface area contributed by atoms with E-state index >= 15 is 0 Å². The Bertz CT molecular complexity index is 494. The SMILES string of the molecule is COc1c(C)c(C)c(Br)c2c1CCNC2C1CC1. The van der Waals surface area contributed by atoms with Gasteiger partial charge in [-0.25, -0.2) is 0 Å². The van der Waals surface area contributed by atoms with E-state index < -0.39 is 0 Å². The molecule has 1 aliphatic carbocycles. The third-order valence-electron chi connectivity index (χ3n) is 4.42. The van der Waals surface area contributed by atoms with E-state index in [-0.39, 0.29) is 0 Å². The largest absolute Gasteiger partial charge is 0.496 e. The van der Waals surface area contributed by atoms with Gasteiger partial charge in [-0.3, -0.25) is 0 Å². The van der Waals surface area contributed by atoms with E-state index in [0.29, 0.717) is 6.04 Å². The molecule has 3 rings (SSSR count). The minimum Gasteiger partial charge on any atom is -0.496 e. The lowest BCUT2D eigenvalue weighted by Gasteiger charge is -2.31. The Morgan fingerprint density at radius 2 is 1.94 bits per heavy atom. The molecule has 2 nitrogen and oxygen atoms in total. The number of nitrogens with one attached hydrogen (secondary N) is 1. The van der Waals surface area contributed by atoms with Gasteiger partial charge in [-0.15, -0.1) is 0 Å². The van der Waals surface area contributed by atoms with E-state index in [0.717, 1.165) is 24.6 Å². The Morgan fingerprint density at radius 3 is 2.56 bits per heavy atom. The maximum atomic E-state index is 5.68. The van der Waals surface area contributed by atoms with Crippen LogP contribution in [0.15, 0.2) is 4.47 Å². The highest BCUT2D eigenvalue weighted by Gasteiger charge is 2.37. The molecule has 1 unspecified atom stereocenters. The van der Waals surface area contributed by atoms with Gasteiger partial charge < -0.3 is 10.1 Å². The molecule has 0 aromatic heterocycles. The lowest BCUT2D eigenvalue weighted by molar-refractivity contribution is 0.391. The summed E-state index contributed by atoms with van der Waals surface area (Å²) in [5.41, 5.74) is 5.48. The van der Waals surface area contributed by atoms with Gasteiger partial charge in [-0.05, 0) is 62.3 Å². The van der Waals surface area contributed by atoms with Gasteiger partial charge in [-0.2, -0.15) is 0 Å². The Morgan fingerprint density at radius 1 is 1.22 bits per heavy atom. The van der Waals surface area contributed by atoms with E-state index in [4.69, 9.17) is 4.74 Å². The predicted molar refractivity (Wildman–Crippen MR) is 77.3 cm³/mol. The first-order valence-electron chi connectivity index (χ1n) is 6.74. The zero-order valence-electron chi connectivity index (χ0n) is 11.3. The maximum Gasteiger partial charge on any atom is 0.125 e. The highest BCUT2D eigenvalue weighted by Crippen LogP contribution is 2.49. The average molecular weight is 310 g/mol. The molecule has 98 valence electrons. The second-order valence-electron chi connectivity index (χ2n) is 5.51. The highest BCUT2D eigenvalue weighted by molar-refractivity contribution is 9.10. The number of hydrogen-bond acceptors (Lipinski definition) is 2. The van der Waals surface area contributed by atoms with E-state index in [9.17, 15) is 0 Å². The van der Waals surface area contributed by atoms with Crippen molar-refractivity contribution in [3.8, 4) is 5.75 Å². The fourth-order valence-corrected chi connectivity index (χ4v) is 3.94. The quantitative estimate of drug-likeness (QED) is 0.900. The summed E-state index contributed by atoms with van der Waals surface area (Å²) in [6.07, 6.45) is 3.79. The lowest BCUT2D eigenvalue weighted by Crippen LogP contribution is -2.32. The summed E-state index contributed by atoms with van der Waals surface area (Å²) < 4.78 is 6.97. The second kappa shape index (κ2) is 4.53. The number of halogens is 1. The molecule has 1 saturated carbocycles. The number of fused-ring (bicyclic) bond motifs is 1. The molecule has 0 spiro atoms. The zero-order valence-corrected chi connectivity index (χ0v) is 12.9. The molecule has 18 heavy (non-hydrogen) atoms. The fourth-order valence-electron chi connectivity index (χ4n) is 3.15. The van der Waals surface area contributed by atoms with Crippen molar-refractivity contribution in [3.63, 3.8) is 0 Å². The zero-order chi connectivity index (χ0) is 12.9. The van der Waals surface area contributed by atoms with Gasteiger partial charge in [-0.1, -0.05) is 15.9 Å². The van der Waals surface area contributed by atoms with Gasteiger partial charge in [0.25, 0.3) is 0 Å². The molecule has 1 aliphatic heterocycles. The normalized spacial score (nSPS) is 22.8. The molecule has 1 fully saturated rings. The van der Waals surface area contributed by atoms with Crippen molar-refractivity contribution >= 4 is 15.9 Å². The van der Waals surface area contributed by atoms with Crippen molar-refractivity contribution in [1.29, 1.82) is 0 Å². The highest BCUT2D eigenvalue weighted by atomic mass is 79.9. The summed E-state index contributed by atoms with van der Waals surface area (Å²) in [4.78, 5) is 0. The third kappa shape index (κ3) is 1.79. The molecule has 1 aromatic rings. The summed E-state index contributed by atoms with van der Waals surface area (Å²) in [6.45, 7) is 5.41. The van der Waals surface area contributed by atoms with Crippen LogP contribution in [-0.4, -0.2) is 13.7 Å². The van der Waals surface area contributed by atoms with Crippen molar-refractivity contribution < 1.29 is 4.74 Å². The van der Waals surface area contributed by atoms with Gasteiger partial charge >= 0.3 is 0 Å². The Hall–Kier alpha value is -0.540. The van der Waals surface area contributed by atoms with E-state index in [1.807, 2.05) is 0 Å². The van der Waals surface area contributed by atoms with Crippen LogP contribution in [0.2, 0.25) is 0 Å². The number of benzene rings is 1. The average Bonchev–Trinajstić information content (AvgIpc) is 3.20. The van der Waals surface area contributed by atoms with Gasteiger partial charge in [0, 0.05) is 16.1 Å². The molecule has 1 heterocycles. The van der Waals surface area contributed by atoms with Crippen molar-refractivity contribution in [2.75, 3.05) is 13.7 Å². The summed E-state index contributed by atoms with van der Waals surface area (Å²) in [6, 6.07) is 0.524. The van der Waals surface area contributed by atoms with Crippen molar-refractivity contribution in [2.24, 2.45) is 5.92 Å². The summed E-state index contributed by atoms with van der Waals surface area (Å²) in [5.74, 6) is 1.94. The molecule has 0 bridgehead atoms. The summed E-state index contributed by atoms with van der Waals surface area (Å²) in [7, 11) is 1.80. The Labute approximate surface area is 117 Å². The van der Waals surface area contributed by atoms with Gasteiger partial charge in [0.1, 0.15) is 5.75 Å². The molecule has 0 radical (unpaired) electrons. The van der Waals surface area contributed by atoms with Crippen LogP contribution >= 0.6 is 15.9 Å². The van der Waals surface area contributed by atoms with E-state index in [1.165, 1.54) is 39.6 Å². The van der Waals surface area contributed by atoms with Crippen LogP contribution < -0.4 is 10.1 Å². The smallest absolute Gasteiger partial charge is 0.125 e. The molecule has 1 aromatic carbocycles. The van der Waals surface area contributed by atoms with Gasteiger partial charge in [0.05, 0.1) is 7.11 Å². The Kier molecular flexibility index (Phi) is 3.15. The molecule has 1 N–H and O–H groups in total. The number of methoxy groups -OCH3 is 1. The minimum absolute atomic E-state index is 0.524.